The molecule has 4 aromatic rings. The van der Waals surface area contributed by atoms with Gasteiger partial charge in [-0.3, -0.25) is 4.90 Å². The number of nitrogens with one attached hydrogen (secondary N) is 1. The quantitative estimate of drug-likeness (QED) is 0.387. The van der Waals surface area contributed by atoms with E-state index in [9.17, 15) is 0 Å². The number of H-pyrrole nitrogens is 1. The van der Waals surface area contributed by atoms with Gasteiger partial charge in [-0.2, -0.15) is 0 Å². The molecule has 0 unspecified atom stereocenters. The molecule has 2 aliphatic rings. The van der Waals surface area contributed by atoms with Gasteiger partial charge in [0, 0.05) is 60.9 Å². The van der Waals surface area contributed by atoms with E-state index in [1.807, 2.05) is 42.5 Å². The normalized spacial score (nSPS) is 15.7. The van der Waals surface area contributed by atoms with Gasteiger partial charge in [-0.25, -0.2) is 0 Å². The fourth-order valence-corrected chi connectivity index (χ4v) is 4.90. The highest BCUT2D eigenvalue weighted by molar-refractivity contribution is 6.31. The highest BCUT2D eigenvalue weighted by Gasteiger charge is 2.21. The summed E-state index contributed by atoms with van der Waals surface area (Å²) in [5, 5.41) is 2.03. The Bertz CT molecular complexity index is 1310. The van der Waals surface area contributed by atoms with Crippen molar-refractivity contribution in [2.75, 3.05) is 44.4 Å². The SMILES string of the molecule is Clc1ccc2c(CCN3CCN(c4ccccc4Oc4ccc5c(c4)OCO5)CC3)c[nH]c2c1. The van der Waals surface area contributed by atoms with Crippen molar-refractivity contribution >= 4 is 28.2 Å². The summed E-state index contributed by atoms with van der Waals surface area (Å²) in [6, 6.07) is 20.0. The van der Waals surface area contributed by atoms with Crippen molar-refractivity contribution in [1.29, 1.82) is 0 Å². The number of aromatic nitrogens is 1. The second-order valence-corrected chi connectivity index (χ2v) is 9.10. The maximum Gasteiger partial charge on any atom is 0.231 e. The minimum Gasteiger partial charge on any atom is -0.455 e. The molecule has 34 heavy (non-hydrogen) atoms. The van der Waals surface area contributed by atoms with Crippen LogP contribution in [0, 0.1) is 0 Å². The molecule has 0 saturated carbocycles. The lowest BCUT2D eigenvalue weighted by Crippen LogP contribution is -2.47. The smallest absolute Gasteiger partial charge is 0.231 e. The van der Waals surface area contributed by atoms with Crippen LogP contribution in [0.25, 0.3) is 10.9 Å². The molecule has 174 valence electrons. The highest BCUT2D eigenvalue weighted by atomic mass is 35.5. The molecular formula is C27H26ClN3O3. The van der Waals surface area contributed by atoms with E-state index in [0.29, 0.717) is 0 Å². The van der Waals surface area contributed by atoms with Crippen LogP contribution in [0.4, 0.5) is 5.69 Å². The summed E-state index contributed by atoms with van der Waals surface area (Å²) in [7, 11) is 0. The third kappa shape index (κ3) is 4.27. The first kappa shape index (κ1) is 21.2. The topological polar surface area (TPSA) is 50.0 Å². The highest BCUT2D eigenvalue weighted by Crippen LogP contribution is 2.39. The number of anilines is 1. The molecule has 3 aromatic carbocycles. The second kappa shape index (κ2) is 9.12. The number of hydrogen-bond donors (Lipinski definition) is 1. The van der Waals surface area contributed by atoms with Crippen LogP contribution >= 0.6 is 11.6 Å². The lowest BCUT2D eigenvalue weighted by atomic mass is 10.1. The number of nitrogens with zero attached hydrogens (tertiary/aromatic N) is 2. The van der Waals surface area contributed by atoms with E-state index in [4.69, 9.17) is 25.8 Å². The monoisotopic (exact) mass is 475 g/mol. The van der Waals surface area contributed by atoms with Gasteiger partial charge in [0.15, 0.2) is 17.2 Å². The van der Waals surface area contributed by atoms with Crippen molar-refractivity contribution in [3.8, 4) is 23.0 Å². The van der Waals surface area contributed by atoms with Crippen LogP contribution in [0.3, 0.4) is 0 Å². The maximum absolute atomic E-state index is 6.26. The van der Waals surface area contributed by atoms with Gasteiger partial charge in [0.25, 0.3) is 0 Å². The van der Waals surface area contributed by atoms with E-state index < -0.39 is 0 Å². The number of ether oxygens (including phenoxy) is 3. The second-order valence-electron chi connectivity index (χ2n) is 8.67. The Balaban J connectivity index is 1.08. The summed E-state index contributed by atoms with van der Waals surface area (Å²) in [5.74, 6) is 3.08. The zero-order chi connectivity index (χ0) is 22.9. The van der Waals surface area contributed by atoms with Crippen LogP contribution in [0.5, 0.6) is 23.0 Å². The van der Waals surface area contributed by atoms with Gasteiger partial charge in [-0.1, -0.05) is 29.8 Å². The summed E-state index contributed by atoms with van der Waals surface area (Å²) in [5.41, 5.74) is 3.57. The van der Waals surface area contributed by atoms with E-state index in [-0.39, 0.29) is 6.79 Å². The standard InChI is InChI=1S/C27H26ClN3O3/c28-20-5-7-22-19(17-29-23(22)15-20)9-10-30-11-13-31(14-12-30)24-3-1-2-4-25(24)34-21-6-8-26-27(16-21)33-18-32-26/h1-8,15-17,29H,9-14,18H2. The predicted molar refractivity (Wildman–Crippen MR) is 135 cm³/mol. The molecule has 0 amide bonds. The number of hydrogen-bond acceptors (Lipinski definition) is 5. The van der Waals surface area contributed by atoms with Crippen LogP contribution in [-0.4, -0.2) is 49.4 Å². The van der Waals surface area contributed by atoms with E-state index in [2.05, 4.69) is 39.2 Å². The van der Waals surface area contributed by atoms with E-state index >= 15 is 0 Å². The lowest BCUT2D eigenvalue weighted by Gasteiger charge is -2.36. The summed E-state index contributed by atoms with van der Waals surface area (Å²) in [6.07, 6.45) is 3.13. The van der Waals surface area contributed by atoms with Crippen molar-refractivity contribution in [1.82, 2.24) is 9.88 Å². The van der Waals surface area contributed by atoms with Gasteiger partial charge >= 0.3 is 0 Å². The number of para-hydroxylation sites is 2. The molecule has 1 fully saturated rings. The zero-order valence-corrected chi connectivity index (χ0v) is 19.6. The number of halogens is 1. The van der Waals surface area contributed by atoms with Gasteiger partial charge in [0.2, 0.25) is 6.79 Å². The molecule has 0 radical (unpaired) electrons. The Hall–Kier alpha value is -3.35. The van der Waals surface area contributed by atoms with E-state index in [1.165, 1.54) is 10.9 Å². The average Bonchev–Trinajstić information content (AvgIpc) is 3.49. The maximum atomic E-state index is 6.26. The number of piperazine rings is 1. The number of aromatic amines is 1. The fraction of sp³-hybridized carbons (Fsp3) is 0.259. The molecule has 2 aliphatic heterocycles. The van der Waals surface area contributed by atoms with Crippen molar-refractivity contribution < 1.29 is 14.2 Å². The van der Waals surface area contributed by atoms with Gasteiger partial charge in [-0.15, -0.1) is 0 Å². The van der Waals surface area contributed by atoms with Gasteiger partial charge in [0.1, 0.15) is 5.75 Å². The molecule has 6 nitrogen and oxygen atoms in total. The predicted octanol–water partition coefficient (Wildman–Crippen LogP) is 5.71. The van der Waals surface area contributed by atoms with Crippen LogP contribution < -0.4 is 19.1 Å². The summed E-state index contributed by atoms with van der Waals surface area (Å²) in [4.78, 5) is 8.29. The van der Waals surface area contributed by atoms with Gasteiger partial charge in [0.05, 0.1) is 5.69 Å². The molecule has 0 spiro atoms. The summed E-state index contributed by atoms with van der Waals surface area (Å²) < 4.78 is 17.1. The van der Waals surface area contributed by atoms with Crippen molar-refractivity contribution in [2.24, 2.45) is 0 Å². The first-order valence-electron chi connectivity index (χ1n) is 11.6. The van der Waals surface area contributed by atoms with Crippen LogP contribution in [0.15, 0.2) is 66.9 Å². The largest absolute Gasteiger partial charge is 0.455 e. The third-order valence-electron chi connectivity index (χ3n) is 6.58. The van der Waals surface area contributed by atoms with Crippen molar-refractivity contribution in [2.45, 2.75) is 6.42 Å². The molecule has 0 aliphatic carbocycles. The Morgan fingerprint density at radius 1 is 0.912 bits per heavy atom. The Labute approximate surface area is 203 Å². The van der Waals surface area contributed by atoms with Gasteiger partial charge in [-0.05, 0) is 48.4 Å². The first-order valence-corrected chi connectivity index (χ1v) is 12.0. The third-order valence-corrected chi connectivity index (χ3v) is 6.81. The fourth-order valence-electron chi connectivity index (χ4n) is 4.73. The first-order chi connectivity index (χ1) is 16.7. The number of fused-ring (bicyclic) bond motifs is 2. The van der Waals surface area contributed by atoms with E-state index in [0.717, 1.165) is 78.4 Å². The Morgan fingerprint density at radius 3 is 2.68 bits per heavy atom. The molecule has 6 rings (SSSR count). The molecule has 0 bridgehead atoms. The number of rotatable bonds is 6. The van der Waals surface area contributed by atoms with E-state index in [1.54, 1.807) is 0 Å². The molecular weight excluding hydrogens is 450 g/mol. The minimum atomic E-state index is 0.258. The molecule has 1 N–H and O–H groups in total. The number of benzene rings is 3. The summed E-state index contributed by atoms with van der Waals surface area (Å²) in [6.45, 7) is 5.27. The average molecular weight is 476 g/mol. The van der Waals surface area contributed by atoms with Crippen LogP contribution in [-0.2, 0) is 6.42 Å². The lowest BCUT2D eigenvalue weighted by molar-refractivity contribution is 0.174. The molecule has 1 aromatic heterocycles. The van der Waals surface area contributed by atoms with Crippen molar-refractivity contribution in [3.05, 3.63) is 77.4 Å². The van der Waals surface area contributed by atoms with Crippen LogP contribution in [0.1, 0.15) is 5.56 Å². The minimum absolute atomic E-state index is 0.258. The Morgan fingerprint density at radius 2 is 1.76 bits per heavy atom. The van der Waals surface area contributed by atoms with Gasteiger partial charge < -0.3 is 24.1 Å². The molecule has 0 atom stereocenters. The van der Waals surface area contributed by atoms with Crippen LogP contribution in [0.2, 0.25) is 5.02 Å². The zero-order valence-electron chi connectivity index (χ0n) is 18.8. The Kier molecular flexibility index (Phi) is 5.69. The summed E-state index contributed by atoms with van der Waals surface area (Å²) >= 11 is 6.12. The molecule has 7 heteroatoms. The van der Waals surface area contributed by atoms with Crippen molar-refractivity contribution in [3.63, 3.8) is 0 Å². The molecule has 1 saturated heterocycles. The molecule has 3 heterocycles.